The molecule has 1 aromatic carbocycles. The van der Waals surface area contributed by atoms with Crippen LogP contribution in [0.5, 0.6) is 0 Å². The van der Waals surface area contributed by atoms with E-state index < -0.39 is 67.4 Å². The minimum Gasteiger partial charge on any atom is -0.445 e. The van der Waals surface area contributed by atoms with Gasteiger partial charge < -0.3 is 25.2 Å². The second-order valence-corrected chi connectivity index (χ2v) is 16.4. The van der Waals surface area contributed by atoms with E-state index in [-0.39, 0.29) is 50.0 Å². The van der Waals surface area contributed by atoms with Crippen LogP contribution in [0, 0.1) is 17.8 Å². The van der Waals surface area contributed by atoms with E-state index in [0.717, 1.165) is 10.5 Å². The summed E-state index contributed by atoms with van der Waals surface area (Å²) in [7, 11) is -2.34. The zero-order valence-electron chi connectivity index (χ0n) is 30.1. The third-order valence-electron chi connectivity index (χ3n) is 8.76. The molecule has 3 N–H and O–H groups in total. The summed E-state index contributed by atoms with van der Waals surface area (Å²) in [5, 5.41) is 8.10. The highest BCUT2D eigenvalue weighted by Gasteiger charge is 2.43. The van der Waals surface area contributed by atoms with Gasteiger partial charge in [-0.15, -0.1) is 0 Å². The first-order valence-electron chi connectivity index (χ1n) is 17.5. The molecular weight excluding hydrogens is 665 g/mol. The van der Waals surface area contributed by atoms with Crippen molar-refractivity contribution in [3.05, 3.63) is 35.9 Å². The molecule has 2 aliphatic rings. The molecule has 6 amide bonds. The van der Waals surface area contributed by atoms with E-state index in [4.69, 9.17) is 9.26 Å². The summed E-state index contributed by atoms with van der Waals surface area (Å²) >= 11 is 0. The number of carbonyl (C=O) groups excluding carboxylic acids is 6. The van der Waals surface area contributed by atoms with Gasteiger partial charge in [0.05, 0.1) is 6.61 Å². The van der Waals surface area contributed by atoms with Crippen molar-refractivity contribution < 1.29 is 42.6 Å². The van der Waals surface area contributed by atoms with E-state index in [2.05, 4.69) is 16.0 Å². The predicted molar refractivity (Wildman–Crippen MR) is 187 cm³/mol. The molecule has 1 aromatic rings. The van der Waals surface area contributed by atoms with E-state index in [1.807, 2.05) is 58.0 Å². The van der Waals surface area contributed by atoms with Crippen LogP contribution in [0.2, 0.25) is 0 Å². The Balaban J connectivity index is 1.71. The molecule has 2 fully saturated rings. The minimum atomic E-state index is -3.83. The molecule has 2 saturated heterocycles. The standard InChI is InChI=1S/C35H54N5O9P/c1-7-49-50(47,21-26(18-23(2)3)31(42)38-28(19-24(4)5)32(43)36-6)22-40-30(41)16-15-27(34(40)45)37-33(44)29-14-11-17-39(29)35(46)48-20-25-12-9-8-10-13-25/h8-10,12-13,23-24,26-29H,7,11,14-22H2,1-6H3,(H,36,43)(H,37,44)(H,38,42)/t26-,27-,28+,29-,50?/m1/s1. The molecule has 5 atom stereocenters. The Bertz CT molecular complexity index is 1410. The van der Waals surface area contributed by atoms with E-state index in [0.29, 0.717) is 32.2 Å². The topological polar surface area (TPSA) is 181 Å². The molecule has 0 bridgehead atoms. The molecule has 2 heterocycles. The summed E-state index contributed by atoms with van der Waals surface area (Å²) in [5.41, 5.74) is 0.804. The maximum atomic E-state index is 14.4. The van der Waals surface area contributed by atoms with Crippen molar-refractivity contribution in [2.45, 2.75) is 97.9 Å². The van der Waals surface area contributed by atoms with E-state index in [1.165, 1.54) is 11.9 Å². The lowest BCUT2D eigenvalue weighted by Crippen LogP contribution is -2.57. The number of nitrogens with one attached hydrogen (secondary N) is 3. The van der Waals surface area contributed by atoms with Gasteiger partial charge >= 0.3 is 6.09 Å². The Hall–Kier alpha value is -3.77. The lowest BCUT2D eigenvalue weighted by atomic mass is 9.96. The monoisotopic (exact) mass is 719 g/mol. The van der Waals surface area contributed by atoms with Gasteiger partial charge in [-0.25, -0.2) is 4.79 Å². The normalized spacial score (nSPS) is 20.3. The number of nitrogens with zero attached hydrogens (tertiary/aromatic N) is 2. The van der Waals surface area contributed by atoms with Crippen LogP contribution in [0.25, 0.3) is 0 Å². The van der Waals surface area contributed by atoms with Crippen molar-refractivity contribution in [2.75, 3.05) is 32.6 Å². The minimum absolute atomic E-state index is 0.00970. The van der Waals surface area contributed by atoms with Crippen LogP contribution in [-0.4, -0.2) is 96.2 Å². The Morgan fingerprint density at radius 3 is 2.28 bits per heavy atom. The van der Waals surface area contributed by atoms with Gasteiger partial charge in [0.2, 0.25) is 31.0 Å². The molecule has 0 aromatic heterocycles. The van der Waals surface area contributed by atoms with Crippen LogP contribution in [0.3, 0.4) is 0 Å². The number of rotatable bonds is 17. The second-order valence-electron chi connectivity index (χ2n) is 13.8. The van der Waals surface area contributed by atoms with Crippen molar-refractivity contribution >= 4 is 43.0 Å². The first-order chi connectivity index (χ1) is 23.7. The maximum Gasteiger partial charge on any atom is 0.410 e. The molecule has 1 unspecified atom stereocenters. The molecule has 0 spiro atoms. The number of ether oxygens (including phenoxy) is 1. The fourth-order valence-corrected chi connectivity index (χ4v) is 8.87. The molecule has 0 radical (unpaired) electrons. The number of likely N-dealkylation sites (N-methyl/N-ethyl adjacent to an activating group) is 1. The van der Waals surface area contributed by atoms with Crippen molar-refractivity contribution in [1.82, 2.24) is 25.8 Å². The quantitative estimate of drug-likeness (QED) is 0.160. The Morgan fingerprint density at radius 1 is 0.980 bits per heavy atom. The van der Waals surface area contributed by atoms with Crippen molar-refractivity contribution in [1.29, 1.82) is 0 Å². The molecule has 278 valence electrons. The molecule has 15 heteroatoms. The van der Waals surface area contributed by atoms with Crippen LogP contribution in [0.15, 0.2) is 30.3 Å². The lowest BCUT2D eigenvalue weighted by Gasteiger charge is -2.35. The van der Waals surface area contributed by atoms with Gasteiger partial charge in [-0.3, -0.25) is 38.3 Å². The lowest BCUT2D eigenvalue weighted by molar-refractivity contribution is -0.150. The fraction of sp³-hybridized carbons (Fsp3) is 0.657. The van der Waals surface area contributed by atoms with E-state index in [9.17, 15) is 33.3 Å². The second kappa shape index (κ2) is 19.0. The number of imide groups is 1. The molecule has 0 aliphatic carbocycles. The summed E-state index contributed by atoms with van der Waals surface area (Å²) < 4.78 is 25.5. The number of hydrogen-bond donors (Lipinski definition) is 3. The smallest absolute Gasteiger partial charge is 0.410 e. The average molecular weight is 720 g/mol. The van der Waals surface area contributed by atoms with Crippen molar-refractivity contribution in [3.63, 3.8) is 0 Å². The Kier molecular flexibility index (Phi) is 15.5. The maximum absolute atomic E-state index is 14.4. The van der Waals surface area contributed by atoms with Gasteiger partial charge in [0.25, 0.3) is 5.91 Å². The first kappa shape index (κ1) is 40.7. The van der Waals surface area contributed by atoms with E-state index in [1.54, 1.807) is 6.92 Å². The molecule has 50 heavy (non-hydrogen) atoms. The Morgan fingerprint density at radius 2 is 1.66 bits per heavy atom. The summed E-state index contributed by atoms with van der Waals surface area (Å²) in [6.45, 7) is 9.71. The molecule has 0 saturated carbocycles. The number of amides is 6. The molecule has 14 nitrogen and oxygen atoms in total. The van der Waals surface area contributed by atoms with Gasteiger partial charge in [-0.2, -0.15) is 0 Å². The largest absolute Gasteiger partial charge is 0.445 e. The van der Waals surface area contributed by atoms with Crippen LogP contribution in [-0.2, 0) is 44.4 Å². The summed E-state index contributed by atoms with van der Waals surface area (Å²) in [6.07, 6.45) is 0.203. The van der Waals surface area contributed by atoms with Gasteiger partial charge in [0.1, 0.15) is 31.0 Å². The van der Waals surface area contributed by atoms with Crippen LogP contribution in [0.4, 0.5) is 4.79 Å². The van der Waals surface area contributed by atoms with Gasteiger partial charge in [-0.05, 0) is 56.4 Å². The van der Waals surface area contributed by atoms with E-state index >= 15 is 0 Å². The van der Waals surface area contributed by atoms with Gasteiger partial charge in [0, 0.05) is 32.1 Å². The predicted octanol–water partition coefficient (Wildman–Crippen LogP) is 3.63. The van der Waals surface area contributed by atoms with Gasteiger partial charge in [0.15, 0.2) is 0 Å². The average Bonchev–Trinajstić information content (AvgIpc) is 3.56. The molecular formula is C35H54N5O9P. The number of carbonyl (C=O) groups is 6. The van der Waals surface area contributed by atoms with Crippen LogP contribution < -0.4 is 16.0 Å². The number of hydrogen-bond acceptors (Lipinski definition) is 9. The van der Waals surface area contributed by atoms with Gasteiger partial charge in [-0.1, -0.05) is 58.0 Å². The SMILES string of the molecule is CCOP(=O)(C[C@@H](CC(C)C)C(=O)N[C@@H](CC(C)C)C(=O)NC)CN1C(=O)CC[C@@H](NC(=O)[C@H]2CCCN2C(=O)OCc2ccccc2)C1=O. The third kappa shape index (κ3) is 11.7. The van der Waals surface area contributed by atoms with Crippen molar-refractivity contribution in [2.24, 2.45) is 17.8 Å². The van der Waals surface area contributed by atoms with Crippen LogP contribution in [0.1, 0.15) is 78.7 Å². The molecule has 2 aliphatic heterocycles. The summed E-state index contributed by atoms with van der Waals surface area (Å²) in [5.74, 6) is -3.32. The summed E-state index contributed by atoms with van der Waals surface area (Å²) in [4.78, 5) is 81.4. The van der Waals surface area contributed by atoms with Crippen LogP contribution >= 0.6 is 7.37 Å². The fourth-order valence-electron chi connectivity index (χ4n) is 6.39. The number of piperidine rings is 1. The summed E-state index contributed by atoms with van der Waals surface area (Å²) in [6, 6.07) is 6.44. The number of likely N-dealkylation sites (tertiary alicyclic amines) is 2. The van der Waals surface area contributed by atoms with Crippen molar-refractivity contribution in [3.8, 4) is 0 Å². The highest BCUT2D eigenvalue weighted by Crippen LogP contribution is 2.50. The number of benzene rings is 1. The third-order valence-corrected chi connectivity index (χ3v) is 11.2. The highest BCUT2D eigenvalue weighted by atomic mass is 31.2. The Labute approximate surface area is 295 Å². The molecule has 3 rings (SSSR count). The zero-order chi connectivity index (χ0) is 37.0. The highest BCUT2D eigenvalue weighted by molar-refractivity contribution is 7.59. The zero-order valence-corrected chi connectivity index (χ0v) is 31.0. The first-order valence-corrected chi connectivity index (χ1v) is 19.5.